The van der Waals surface area contributed by atoms with Gasteiger partial charge in [-0.1, -0.05) is 72.3 Å². The first-order valence-electron chi connectivity index (χ1n) is 9.63. The molecule has 0 atom stereocenters. The van der Waals surface area contributed by atoms with Crippen LogP contribution in [0.1, 0.15) is 23.6 Å². The van der Waals surface area contributed by atoms with Gasteiger partial charge in [0, 0.05) is 22.7 Å². The molecule has 3 aromatic carbocycles. The number of hydrogen-bond donors (Lipinski definition) is 1. The Morgan fingerprint density at radius 1 is 0.821 bits per heavy atom. The summed E-state index contributed by atoms with van der Waals surface area (Å²) in [5, 5.41) is 4.22. The molecule has 0 spiro atoms. The van der Waals surface area contributed by atoms with Gasteiger partial charge >= 0.3 is 0 Å². The highest BCUT2D eigenvalue weighted by atomic mass is 35.5. The van der Waals surface area contributed by atoms with E-state index in [-0.39, 0.29) is 0 Å². The quantitative estimate of drug-likeness (QED) is 0.450. The molecule has 0 fully saturated rings. The molecule has 28 heavy (non-hydrogen) atoms. The van der Waals surface area contributed by atoms with Crippen LogP contribution in [0.3, 0.4) is 0 Å². The number of halogens is 1. The van der Waals surface area contributed by atoms with Gasteiger partial charge in [-0.15, -0.1) is 0 Å². The molecule has 0 aliphatic rings. The molecular formula is C24H26ClNO2. The van der Waals surface area contributed by atoms with Crippen LogP contribution in [0.4, 0.5) is 0 Å². The third-order valence-corrected chi connectivity index (χ3v) is 4.81. The number of rotatable bonds is 10. The van der Waals surface area contributed by atoms with Crippen molar-refractivity contribution in [1.29, 1.82) is 0 Å². The summed E-state index contributed by atoms with van der Waals surface area (Å²) in [6.07, 6.45) is 0.988. The number of ether oxygens (including phenoxy) is 2. The first-order chi connectivity index (χ1) is 13.8. The molecule has 0 aliphatic heterocycles. The zero-order chi connectivity index (χ0) is 19.6. The minimum atomic E-state index is 0.404. The van der Waals surface area contributed by atoms with Crippen LogP contribution in [-0.2, 0) is 19.6 Å². The summed E-state index contributed by atoms with van der Waals surface area (Å²) >= 11 is 6.27. The van der Waals surface area contributed by atoms with E-state index >= 15 is 0 Å². The molecule has 3 rings (SSSR count). The molecule has 146 valence electrons. The SMILES string of the molecule is CCOc1cccc(CNCCc2ccccc2)c1OCc1ccccc1Cl. The molecule has 1 N–H and O–H groups in total. The molecule has 0 bridgehead atoms. The fraction of sp³-hybridized carbons (Fsp3) is 0.250. The molecule has 0 aromatic heterocycles. The zero-order valence-corrected chi connectivity index (χ0v) is 16.9. The van der Waals surface area contributed by atoms with E-state index in [0.717, 1.165) is 35.6 Å². The molecule has 0 saturated carbocycles. The summed E-state index contributed by atoms with van der Waals surface area (Å²) in [5.74, 6) is 1.54. The molecule has 0 aliphatic carbocycles. The second-order valence-corrected chi connectivity index (χ2v) is 6.88. The van der Waals surface area contributed by atoms with E-state index in [9.17, 15) is 0 Å². The van der Waals surface area contributed by atoms with Crippen molar-refractivity contribution in [3.63, 3.8) is 0 Å². The van der Waals surface area contributed by atoms with E-state index in [4.69, 9.17) is 21.1 Å². The Morgan fingerprint density at radius 2 is 1.57 bits per heavy atom. The van der Waals surface area contributed by atoms with Gasteiger partial charge in [0.1, 0.15) is 6.61 Å². The van der Waals surface area contributed by atoms with E-state index < -0.39 is 0 Å². The zero-order valence-electron chi connectivity index (χ0n) is 16.2. The highest BCUT2D eigenvalue weighted by Crippen LogP contribution is 2.32. The summed E-state index contributed by atoms with van der Waals surface area (Å²) < 4.78 is 11.9. The van der Waals surface area contributed by atoms with Gasteiger partial charge < -0.3 is 14.8 Å². The van der Waals surface area contributed by atoms with Gasteiger partial charge in [0.05, 0.1) is 6.61 Å². The second-order valence-electron chi connectivity index (χ2n) is 6.47. The van der Waals surface area contributed by atoms with Crippen LogP contribution in [0.5, 0.6) is 11.5 Å². The van der Waals surface area contributed by atoms with Gasteiger partial charge in [0.2, 0.25) is 0 Å². The number of para-hydroxylation sites is 1. The van der Waals surface area contributed by atoms with E-state index in [1.54, 1.807) is 0 Å². The Labute approximate surface area is 172 Å². The van der Waals surface area contributed by atoms with Gasteiger partial charge in [-0.25, -0.2) is 0 Å². The lowest BCUT2D eigenvalue weighted by atomic mass is 10.1. The Kier molecular flexibility index (Phi) is 7.77. The monoisotopic (exact) mass is 395 g/mol. The highest BCUT2D eigenvalue weighted by molar-refractivity contribution is 6.31. The fourth-order valence-corrected chi connectivity index (χ4v) is 3.19. The molecule has 0 radical (unpaired) electrons. The maximum atomic E-state index is 6.27. The molecule has 3 nitrogen and oxygen atoms in total. The van der Waals surface area contributed by atoms with Crippen LogP contribution in [-0.4, -0.2) is 13.2 Å². The smallest absolute Gasteiger partial charge is 0.166 e. The fourth-order valence-electron chi connectivity index (χ4n) is 3.00. The lowest BCUT2D eigenvalue weighted by Crippen LogP contribution is -2.17. The summed E-state index contributed by atoms with van der Waals surface area (Å²) in [5.41, 5.74) is 3.36. The summed E-state index contributed by atoms with van der Waals surface area (Å²) in [6.45, 7) is 4.58. The number of benzene rings is 3. The molecule has 3 aromatic rings. The maximum Gasteiger partial charge on any atom is 0.166 e. The normalized spacial score (nSPS) is 10.6. The molecule has 0 unspecified atom stereocenters. The molecule has 4 heteroatoms. The Bertz CT molecular complexity index is 867. The van der Waals surface area contributed by atoms with Gasteiger partial charge in [0.15, 0.2) is 11.5 Å². The molecule has 0 heterocycles. The van der Waals surface area contributed by atoms with Crippen LogP contribution in [0, 0.1) is 0 Å². The first kappa shape index (κ1) is 20.2. The summed E-state index contributed by atoms with van der Waals surface area (Å²) in [4.78, 5) is 0. The van der Waals surface area contributed by atoms with E-state index in [1.807, 2.05) is 49.4 Å². The van der Waals surface area contributed by atoms with Crippen molar-refractivity contribution in [3.8, 4) is 11.5 Å². The van der Waals surface area contributed by atoms with Crippen molar-refractivity contribution in [3.05, 3.63) is 94.5 Å². The van der Waals surface area contributed by atoms with Crippen LogP contribution < -0.4 is 14.8 Å². The van der Waals surface area contributed by atoms with Crippen LogP contribution in [0.2, 0.25) is 5.02 Å². The minimum Gasteiger partial charge on any atom is -0.490 e. The van der Waals surface area contributed by atoms with Crippen molar-refractivity contribution in [2.24, 2.45) is 0 Å². The molecular weight excluding hydrogens is 370 g/mol. The van der Waals surface area contributed by atoms with Crippen LogP contribution in [0.15, 0.2) is 72.8 Å². The van der Waals surface area contributed by atoms with E-state index in [2.05, 4.69) is 35.6 Å². The molecule has 0 saturated heterocycles. The van der Waals surface area contributed by atoms with Crippen molar-refractivity contribution in [2.75, 3.05) is 13.2 Å². The topological polar surface area (TPSA) is 30.5 Å². The van der Waals surface area contributed by atoms with Crippen molar-refractivity contribution < 1.29 is 9.47 Å². The third kappa shape index (κ3) is 5.75. The predicted molar refractivity (Wildman–Crippen MR) is 115 cm³/mol. The minimum absolute atomic E-state index is 0.404. The second kappa shape index (κ2) is 10.7. The van der Waals surface area contributed by atoms with Crippen molar-refractivity contribution in [2.45, 2.75) is 26.5 Å². The van der Waals surface area contributed by atoms with E-state index in [1.165, 1.54) is 5.56 Å². The lowest BCUT2D eigenvalue weighted by molar-refractivity contribution is 0.266. The van der Waals surface area contributed by atoms with Gasteiger partial charge in [-0.2, -0.15) is 0 Å². The summed E-state index contributed by atoms with van der Waals surface area (Å²) in [6, 6.07) is 24.2. The first-order valence-corrected chi connectivity index (χ1v) is 10.0. The van der Waals surface area contributed by atoms with Crippen LogP contribution >= 0.6 is 11.6 Å². The van der Waals surface area contributed by atoms with Crippen molar-refractivity contribution in [1.82, 2.24) is 5.32 Å². The predicted octanol–water partition coefficient (Wildman–Crippen LogP) is 5.65. The Morgan fingerprint density at radius 3 is 2.36 bits per heavy atom. The lowest BCUT2D eigenvalue weighted by Gasteiger charge is -2.17. The molecule has 0 amide bonds. The van der Waals surface area contributed by atoms with Gasteiger partial charge in [-0.05, 0) is 37.6 Å². The van der Waals surface area contributed by atoms with Crippen LogP contribution in [0.25, 0.3) is 0 Å². The average molecular weight is 396 g/mol. The number of nitrogens with one attached hydrogen (secondary N) is 1. The largest absolute Gasteiger partial charge is 0.490 e. The third-order valence-electron chi connectivity index (χ3n) is 4.44. The van der Waals surface area contributed by atoms with Crippen molar-refractivity contribution >= 4 is 11.6 Å². The maximum absolute atomic E-state index is 6.27. The Hall–Kier alpha value is -2.49. The standard InChI is InChI=1S/C24H26ClNO2/c1-2-27-23-14-8-12-20(17-26-16-15-19-9-4-3-5-10-19)24(23)28-18-21-11-6-7-13-22(21)25/h3-14,26H,2,15-18H2,1H3. The summed E-state index contributed by atoms with van der Waals surface area (Å²) in [7, 11) is 0. The van der Waals surface area contributed by atoms with Gasteiger partial charge in [-0.3, -0.25) is 0 Å². The Balaban J connectivity index is 1.65. The highest BCUT2D eigenvalue weighted by Gasteiger charge is 2.12. The van der Waals surface area contributed by atoms with E-state index in [0.29, 0.717) is 24.8 Å². The van der Waals surface area contributed by atoms with Gasteiger partial charge in [0.25, 0.3) is 0 Å². The average Bonchev–Trinajstić information content (AvgIpc) is 2.73. The number of hydrogen-bond acceptors (Lipinski definition) is 3.